The van der Waals surface area contributed by atoms with Crippen LogP contribution in [0.25, 0.3) is 0 Å². The first-order valence-electron chi connectivity index (χ1n) is 9.48. The Morgan fingerprint density at radius 1 is 0.964 bits per heavy atom. The van der Waals surface area contributed by atoms with Gasteiger partial charge in [-0.25, -0.2) is 0 Å². The molecular weight excluding hydrogens is 356 g/mol. The van der Waals surface area contributed by atoms with E-state index in [1.165, 1.54) is 14.2 Å². The van der Waals surface area contributed by atoms with Crippen LogP contribution >= 0.6 is 0 Å². The molecule has 1 atom stereocenters. The molecule has 1 fully saturated rings. The van der Waals surface area contributed by atoms with Gasteiger partial charge in [0.15, 0.2) is 0 Å². The highest BCUT2D eigenvalue weighted by atomic mass is 16.5. The van der Waals surface area contributed by atoms with Gasteiger partial charge in [0.1, 0.15) is 23.1 Å². The number of hydrogen-bond acceptors (Lipinski definition) is 4. The zero-order valence-corrected chi connectivity index (χ0v) is 16.3. The Morgan fingerprint density at radius 3 is 2.14 bits per heavy atom. The summed E-state index contributed by atoms with van der Waals surface area (Å²) in [6.45, 7) is 1.47. The van der Waals surface area contributed by atoms with Crippen molar-refractivity contribution in [1.29, 1.82) is 0 Å². The van der Waals surface area contributed by atoms with Crippen molar-refractivity contribution < 1.29 is 19.1 Å². The van der Waals surface area contributed by atoms with Gasteiger partial charge in [0, 0.05) is 19.5 Å². The van der Waals surface area contributed by atoms with Crippen LogP contribution < -0.4 is 14.8 Å². The molecule has 2 amide bonds. The zero-order chi connectivity index (χ0) is 19.9. The largest absolute Gasteiger partial charge is 0.496 e. The first-order chi connectivity index (χ1) is 13.6. The fourth-order valence-corrected chi connectivity index (χ4v) is 3.51. The predicted molar refractivity (Wildman–Crippen MR) is 107 cm³/mol. The minimum Gasteiger partial charge on any atom is -0.496 e. The van der Waals surface area contributed by atoms with Crippen LogP contribution in [0.2, 0.25) is 0 Å². The fraction of sp³-hybridized carbons (Fsp3) is 0.364. The number of likely N-dealkylation sites (tertiary alicyclic amines) is 1. The number of methoxy groups -OCH3 is 2. The molecule has 0 radical (unpaired) electrons. The summed E-state index contributed by atoms with van der Waals surface area (Å²) < 4.78 is 10.7. The second-order valence-corrected chi connectivity index (χ2v) is 6.79. The SMILES string of the molecule is COc1cccc(OC)c1C(=O)N[C@@H](Cc1ccccc1)C(=O)N1CCCC1. The quantitative estimate of drug-likeness (QED) is 0.799. The molecule has 0 bridgehead atoms. The number of ether oxygens (including phenoxy) is 2. The van der Waals surface area contributed by atoms with Gasteiger partial charge >= 0.3 is 0 Å². The smallest absolute Gasteiger partial charge is 0.259 e. The van der Waals surface area contributed by atoms with Gasteiger partial charge in [-0.15, -0.1) is 0 Å². The van der Waals surface area contributed by atoms with Crippen molar-refractivity contribution in [3.8, 4) is 11.5 Å². The number of carbonyl (C=O) groups is 2. The number of benzene rings is 2. The third-order valence-corrected chi connectivity index (χ3v) is 4.96. The van der Waals surface area contributed by atoms with Gasteiger partial charge < -0.3 is 19.7 Å². The topological polar surface area (TPSA) is 67.9 Å². The number of nitrogens with one attached hydrogen (secondary N) is 1. The molecule has 0 spiro atoms. The van der Waals surface area contributed by atoms with Crippen LogP contribution in [0.15, 0.2) is 48.5 Å². The second-order valence-electron chi connectivity index (χ2n) is 6.79. The molecule has 0 aliphatic carbocycles. The Hall–Kier alpha value is -3.02. The van der Waals surface area contributed by atoms with Gasteiger partial charge in [-0.2, -0.15) is 0 Å². The van der Waals surface area contributed by atoms with Gasteiger partial charge in [-0.3, -0.25) is 9.59 Å². The highest BCUT2D eigenvalue weighted by molar-refractivity contribution is 6.02. The molecule has 3 rings (SSSR count). The average molecular weight is 382 g/mol. The van der Waals surface area contributed by atoms with E-state index in [0.29, 0.717) is 23.5 Å². The lowest BCUT2D eigenvalue weighted by molar-refractivity contribution is -0.132. The van der Waals surface area contributed by atoms with Crippen molar-refractivity contribution in [2.45, 2.75) is 25.3 Å². The number of amides is 2. The lowest BCUT2D eigenvalue weighted by atomic mass is 10.0. The molecule has 1 heterocycles. The summed E-state index contributed by atoms with van der Waals surface area (Å²) in [6, 6.07) is 14.2. The Morgan fingerprint density at radius 2 is 1.57 bits per heavy atom. The van der Waals surface area contributed by atoms with E-state index in [0.717, 1.165) is 31.5 Å². The van der Waals surface area contributed by atoms with Crippen molar-refractivity contribution >= 4 is 11.8 Å². The van der Waals surface area contributed by atoms with E-state index in [1.54, 1.807) is 18.2 Å². The highest BCUT2D eigenvalue weighted by Gasteiger charge is 2.30. The second kappa shape index (κ2) is 9.26. The Balaban J connectivity index is 1.86. The lowest BCUT2D eigenvalue weighted by Gasteiger charge is -2.25. The van der Waals surface area contributed by atoms with E-state index in [9.17, 15) is 9.59 Å². The summed E-state index contributed by atoms with van der Waals surface area (Å²) in [5.74, 6) is 0.374. The molecule has 0 saturated carbocycles. The minimum absolute atomic E-state index is 0.0523. The molecule has 1 aliphatic heterocycles. The monoisotopic (exact) mass is 382 g/mol. The molecule has 1 saturated heterocycles. The normalized spacial score (nSPS) is 14.4. The van der Waals surface area contributed by atoms with Crippen LogP contribution in [-0.4, -0.2) is 50.1 Å². The lowest BCUT2D eigenvalue weighted by Crippen LogP contribution is -2.49. The number of hydrogen-bond donors (Lipinski definition) is 1. The molecular formula is C22H26N2O4. The number of nitrogens with zero attached hydrogens (tertiary/aromatic N) is 1. The maximum Gasteiger partial charge on any atom is 0.259 e. The molecule has 0 unspecified atom stereocenters. The van der Waals surface area contributed by atoms with E-state index < -0.39 is 6.04 Å². The number of rotatable bonds is 7. The van der Waals surface area contributed by atoms with Crippen molar-refractivity contribution in [3.05, 3.63) is 59.7 Å². The third-order valence-electron chi connectivity index (χ3n) is 4.96. The number of carbonyl (C=O) groups excluding carboxylic acids is 2. The fourth-order valence-electron chi connectivity index (χ4n) is 3.51. The standard InChI is InChI=1S/C22H26N2O4/c1-27-18-11-8-12-19(28-2)20(18)21(25)23-17(15-16-9-4-3-5-10-16)22(26)24-13-6-7-14-24/h3-5,8-12,17H,6-7,13-15H2,1-2H3,(H,23,25)/t17-/m0/s1. The van der Waals surface area contributed by atoms with E-state index in [1.807, 2.05) is 35.2 Å². The van der Waals surface area contributed by atoms with E-state index in [4.69, 9.17) is 9.47 Å². The summed E-state index contributed by atoms with van der Waals surface area (Å²) in [6.07, 6.45) is 2.43. The van der Waals surface area contributed by atoms with E-state index >= 15 is 0 Å². The van der Waals surface area contributed by atoms with Crippen LogP contribution in [-0.2, 0) is 11.2 Å². The predicted octanol–water partition coefficient (Wildman–Crippen LogP) is 2.67. The van der Waals surface area contributed by atoms with Crippen LogP contribution in [0.3, 0.4) is 0 Å². The summed E-state index contributed by atoms with van der Waals surface area (Å²) in [7, 11) is 3.00. The van der Waals surface area contributed by atoms with Crippen LogP contribution in [0.4, 0.5) is 0 Å². The molecule has 2 aromatic carbocycles. The maximum absolute atomic E-state index is 13.1. The average Bonchev–Trinajstić information content (AvgIpc) is 3.27. The van der Waals surface area contributed by atoms with Crippen LogP contribution in [0.1, 0.15) is 28.8 Å². The van der Waals surface area contributed by atoms with Gasteiger partial charge in [-0.05, 0) is 30.5 Å². The summed E-state index contributed by atoms with van der Waals surface area (Å²) in [5, 5.41) is 2.92. The maximum atomic E-state index is 13.1. The zero-order valence-electron chi connectivity index (χ0n) is 16.3. The molecule has 6 nitrogen and oxygen atoms in total. The van der Waals surface area contributed by atoms with Crippen molar-refractivity contribution in [1.82, 2.24) is 10.2 Å². The Labute approximate surface area is 165 Å². The van der Waals surface area contributed by atoms with Gasteiger partial charge in [0.25, 0.3) is 5.91 Å². The Kier molecular flexibility index (Phi) is 6.53. The molecule has 0 aromatic heterocycles. The molecule has 148 valence electrons. The third kappa shape index (κ3) is 4.44. The van der Waals surface area contributed by atoms with Gasteiger partial charge in [-0.1, -0.05) is 36.4 Å². The summed E-state index contributed by atoms with van der Waals surface area (Å²) >= 11 is 0. The Bertz CT molecular complexity index is 794. The molecule has 1 aliphatic rings. The van der Waals surface area contributed by atoms with E-state index in [-0.39, 0.29) is 11.8 Å². The molecule has 6 heteroatoms. The highest BCUT2D eigenvalue weighted by Crippen LogP contribution is 2.28. The molecule has 1 N–H and O–H groups in total. The molecule has 28 heavy (non-hydrogen) atoms. The van der Waals surface area contributed by atoms with Gasteiger partial charge in [0.2, 0.25) is 5.91 Å². The van der Waals surface area contributed by atoms with E-state index in [2.05, 4.69) is 5.32 Å². The summed E-state index contributed by atoms with van der Waals surface area (Å²) in [4.78, 5) is 28.0. The van der Waals surface area contributed by atoms with Crippen molar-refractivity contribution in [2.75, 3.05) is 27.3 Å². The first-order valence-corrected chi connectivity index (χ1v) is 9.48. The van der Waals surface area contributed by atoms with Gasteiger partial charge in [0.05, 0.1) is 14.2 Å². The van der Waals surface area contributed by atoms with Crippen LogP contribution in [0, 0.1) is 0 Å². The molecule has 2 aromatic rings. The van der Waals surface area contributed by atoms with Crippen molar-refractivity contribution in [2.24, 2.45) is 0 Å². The van der Waals surface area contributed by atoms with Crippen molar-refractivity contribution in [3.63, 3.8) is 0 Å². The minimum atomic E-state index is -0.650. The van der Waals surface area contributed by atoms with Crippen LogP contribution in [0.5, 0.6) is 11.5 Å². The first kappa shape index (κ1) is 19.7. The summed E-state index contributed by atoms with van der Waals surface area (Å²) in [5.41, 5.74) is 1.28.